The molecule has 0 aliphatic rings. The minimum Gasteiger partial charge on any atom is -0.378 e. The number of anilines is 3. The van der Waals surface area contributed by atoms with Crippen molar-refractivity contribution in [1.29, 1.82) is 0 Å². The Morgan fingerprint density at radius 3 is 2.41 bits per heavy atom. The molecule has 4 rings (SSSR count). The maximum atomic E-state index is 12.4. The standard InChI is InChI=1S/C25H27N5OS/c1-16-5-7-18(8-6-16)22-17(2)32-25-23(22)24(27-15-28-25)26-14-13-21(31)29-19-9-11-20(12-10-19)30(3)4/h5-12,15H,13-14H2,1-4H3,(H,29,31)(H,26,27,28). The van der Waals surface area contributed by atoms with Crippen LogP contribution in [0, 0.1) is 13.8 Å². The van der Waals surface area contributed by atoms with Gasteiger partial charge in [0.25, 0.3) is 0 Å². The predicted octanol–water partition coefficient (Wildman–Crippen LogP) is 5.48. The second kappa shape index (κ2) is 9.36. The van der Waals surface area contributed by atoms with Gasteiger partial charge >= 0.3 is 0 Å². The number of benzene rings is 2. The molecule has 0 radical (unpaired) electrons. The van der Waals surface area contributed by atoms with Gasteiger partial charge in [0.15, 0.2) is 0 Å². The molecule has 4 aromatic rings. The molecule has 0 aliphatic carbocycles. The highest BCUT2D eigenvalue weighted by Crippen LogP contribution is 2.40. The summed E-state index contributed by atoms with van der Waals surface area (Å²) in [6.45, 7) is 4.68. The van der Waals surface area contributed by atoms with Gasteiger partial charge in [-0.2, -0.15) is 0 Å². The van der Waals surface area contributed by atoms with Crippen molar-refractivity contribution >= 4 is 44.7 Å². The van der Waals surface area contributed by atoms with Crippen molar-refractivity contribution in [2.45, 2.75) is 20.3 Å². The highest BCUT2D eigenvalue weighted by atomic mass is 32.1. The molecule has 0 aliphatic heterocycles. The van der Waals surface area contributed by atoms with E-state index in [1.54, 1.807) is 17.7 Å². The highest BCUT2D eigenvalue weighted by molar-refractivity contribution is 7.19. The van der Waals surface area contributed by atoms with E-state index >= 15 is 0 Å². The average Bonchev–Trinajstić information content (AvgIpc) is 3.11. The van der Waals surface area contributed by atoms with E-state index in [2.05, 4.69) is 58.7 Å². The van der Waals surface area contributed by atoms with Gasteiger partial charge in [0.2, 0.25) is 5.91 Å². The molecule has 1 amide bonds. The number of hydrogen-bond acceptors (Lipinski definition) is 6. The molecule has 2 aromatic heterocycles. The van der Waals surface area contributed by atoms with Crippen LogP contribution >= 0.6 is 11.3 Å². The van der Waals surface area contributed by atoms with Crippen molar-refractivity contribution in [1.82, 2.24) is 9.97 Å². The smallest absolute Gasteiger partial charge is 0.226 e. The molecule has 0 bridgehead atoms. The van der Waals surface area contributed by atoms with Crippen LogP contribution in [0.1, 0.15) is 16.9 Å². The Kier molecular flexibility index (Phi) is 6.37. The minimum atomic E-state index is -0.0411. The number of thiophene rings is 1. The molecule has 0 unspecified atom stereocenters. The van der Waals surface area contributed by atoms with Crippen LogP contribution in [-0.4, -0.2) is 36.5 Å². The predicted molar refractivity (Wildman–Crippen MR) is 135 cm³/mol. The first-order chi connectivity index (χ1) is 15.4. The van der Waals surface area contributed by atoms with Crippen LogP contribution in [0.15, 0.2) is 54.9 Å². The fraction of sp³-hybridized carbons (Fsp3) is 0.240. The number of aryl methyl sites for hydroxylation is 2. The van der Waals surface area contributed by atoms with Gasteiger partial charge in [-0.1, -0.05) is 29.8 Å². The summed E-state index contributed by atoms with van der Waals surface area (Å²) < 4.78 is 0. The maximum Gasteiger partial charge on any atom is 0.226 e. The molecule has 2 heterocycles. The second-order valence-corrected chi connectivity index (χ2v) is 9.17. The fourth-order valence-corrected chi connectivity index (χ4v) is 4.62. The zero-order chi connectivity index (χ0) is 22.7. The highest BCUT2D eigenvalue weighted by Gasteiger charge is 2.16. The molecule has 2 N–H and O–H groups in total. The van der Waals surface area contributed by atoms with E-state index in [4.69, 9.17) is 0 Å². The van der Waals surface area contributed by atoms with E-state index in [0.29, 0.717) is 13.0 Å². The molecular formula is C25H27N5OS. The van der Waals surface area contributed by atoms with Crippen LogP contribution in [0.5, 0.6) is 0 Å². The van der Waals surface area contributed by atoms with Gasteiger partial charge in [-0.05, 0) is 43.7 Å². The van der Waals surface area contributed by atoms with Gasteiger partial charge in [0, 0.05) is 48.9 Å². The quantitative estimate of drug-likeness (QED) is 0.394. The van der Waals surface area contributed by atoms with E-state index in [9.17, 15) is 4.79 Å². The van der Waals surface area contributed by atoms with Crippen molar-refractivity contribution in [2.24, 2.45) is 0 Å². The SMILES string of the molecule is Cc1ccc(-c2c(C)sc3ncnc(NCCC(=O)Nc4ccc(N(C)C)cc4)c23)cc1. The number of aromatic nitrogens is 2. The third-order valence-electron chi connectivity index (χ3n) is 5.32. The molecule has 164 valence electrons. The van der Waals surface area contributed by atoms with E-state index in [1.807, 2.05) is 43.3 Å². The van der Waals surface area contributed by atoms with E-state index in [-0.39, 0.29) is 5.91 Å². The van der Waals surface area contributed by atoms with Crippen molar-refractivity contribution in [3.05, 3.63) is 65.3 Å². The van der Waals surface area contributed by atoms with Crippen LogP contribution in [0.4, 0.5) is 17.2 Å². The Bertz CT molecular complexity index is 1230. The molecule has 0 spiro atoms. The lowest BCUT2D eigenvalue weighted by molar-refractivity contribution is -0.115. The molecule has 32 heavy (non-hydrogen) atoms. The van der Waals surface area contributed by atoms with Gasteiger partial charge < -0.3 is 15.5 Å². The van der Waals surface area contributed by atoms with Crippen LogP contribution in [0.3, 0.4) is 0 Å². The van der Waals surface area contributed by atoms with E-state index in [0.717, 1.165) is 38.5 Å². The summed E-state index contributed by atoms with van der Waals surface area (Å²) in [5, 5.41) is 7.31. The molecule has 0 saturated heterocycles. The molecule has 6 nitrogen and oxygen atoms in total. The largest absolute Gasteiger partial charge is 0.378 e. The van der Waals surface area contributed by atoms with Crippen molar-refractivity contribution in [3.8, 4) is 11.1 Å². The van der Waals surface area contributed by atoms with E-state index in [1.165, 1.54) is 10.4 Å². The average molecular weight is 446 g/mol. The monoisotopic (exact) mass is 445 g/mol. The van der Waals surface area contributed by atoms with Crippen LogP contribution in [-0.2, 0) is 4.79 Å². The molecular weight excluding hydrogens is 418 g/mol. The molecule has 2 aromatic carbocycles. The third kappa shape index (κ3) is 4.73. The van der Waals surface area contributed by atoms with Crippen LogP contribution < -0.4 is 15.5 Å². The number of nitrogens with zero attached hydrogens (tertiary/aromatic N) is 3. The third-order valence-corrected chi connectivity index (χ3v) is 6.33. The molecule has 7 heteroatoms. The lowest BCUT2D eigenvalue weighted by Crippen LogP contribution is -2.17. The lowest BCUT2D eigenvalue weighted by atomic mass is 10.0. The molecule has 0 fully saturated rings. The number of carbonyl (C=O) groups is 1. The summed E-state index contributed by atoms with van der Waals surface area (Å²) in [5.74, 6) is 0.721. The molecule has 0 saturated carbocycles. The van der Waals surface area contributed by atoms with Gasteiger partial charge in [0.05, 0.1) is 5.39 Å². The Balaban J connectivity index is 1.46. The number of nitrogens with one attached hydrogen (secondary N) is 2. The first kappa shape index (κ1) is 21.8. The maximum absolute atomic E-state index is 12.4. The normalized spacial score (nSPS) is 10.9. The van der Waals surface area contributed by atoms with Crippen LogP contribution in [0.2, 0.25) is 0 Å². The summed E-state index contributed by atoms with van der Waals surface area (Å²) in [7, 11) is 3.98. The zero-order valence-corrected chi connectivity index (χ0v) is 19.6. The number of hydrogen-bond donors (Lipinski definition) is 2. The first-order valence-corrected chi connectivity index (χ1v) is 11.4. The Hall–Kier alpha value is -3.45. The van der Waals surface area contributed by atoms with E-state index < -0.39 is 0 Å². The Labute approximate surface area is 192 Å². The minimum absolute atomic E-state index is 0.0411. The first-order valence-electron chi connectivity index (χ1n) is 10.5. The van der Waals surface area contributed by atoms with Crippen molar-refractivity contribution in [2.75, 3.05) is 36.2 Å². The van der Waals surface area contributed by atoms with Crippen LogP contribution in [0.25, 0.3) is 21.3 Å². The fourth-order valence-electron chi connectivity index (χ4n) is 3.61. The van der Waals surface area contributed by atoms with Gasteiger partial charge in [-0.15, -0.1) is 11.3 Å². The zero-order valence-electron chi connectivity index (χ0n) is 18.8. The van der Waals surface area contributed by atoms with Gasteiger partial charge in [-0.3, -0.25) is 4.79 Å². The Morgan fingerprint density at radius 2 is 1.72 bits per heavy atom. The summed E-state index contributed by atoms with van der Waals surface area (Å²) in [6, 6.07) is 16.3. The number of carbonyl (C=O) groups excluding carboxylic acids is 1. The van der Waals surface area contributed by atoms with Gasteiger partial charge in [0.1, 0.15) is 17.0 Å². The Morgan fingerprint density at radius 1 is 1.00 bits per heavy atom. The summed E-state index contributed by atoms with van der Waals surface area (Å²) in [5.41, 5.74) is 5.41. The summed E-state index contributed by atoms with van der Waals surface area (Å²) in [6.07, 6.45) is 1.91. The summed E-state index contributed by atoms with van der Waals surface area (Å²) >= 11 is 1.66. The molecule has 0 atom stereocenters. The number of amides is 1. The number of fused-ring (bicyclic) bond motifs is 1. The lowest BCUT2D eigenvalue weighted by Gasteiger charge is -2.13. The van der Waals surface area contributed by atoms with Crippen molar-refractivity contribution in [3.63, 3.8) is 0 Å². The van der Waals surface area contributed by atoms with Crippen molar-refractivity contribution < 1.29 is 4.79 Å². The summed E-state index contributed by atoms with van der Waals surface area (Å²) in [4.78, 5) is 25.5. The number of rotatable bonds is 7. The second-order valence-electron chi connectivity index (χ2n) is 7.97. The topological polar surface area (TPSA) is 70.1 Å². The van der Waals surface area contributed by atoms with Gasteiger partial charge in [-0.25, -0.2) is 9.97 Å².